The maximum Gasteiger partial charge on any atom is 0.175 e. The minimum absolute atomic E-state index is 0.481. The quantitative estimate of drug-likeness (QED) is 0.826. The van der Waals surface area contributed by atoms with Gasteiger partial charge in [0, 0.05) is 36.6 Å². The van der Waals surface area contributed by atoms with E-state index in [1.807, 2.05) is 36.9 Å². The van der Waals surface area contributed by atoms with E-state index in [2.05, 4.69) is 15.7 Å². The first-order valence-electron chi connectivity index (χ1n) is 6.90. The molecule has 1 heterocycles. The topological polar surface area (TPSA) is 60.3 Å². The number of hydrogen-bond donors (Lipinski definition) is 2. The molecule has 0 radical (unpaired) electrons. The molecular weight excluding hydrogens is 300 g/mol. The van der Waals surface area contributed by atoms with Crippen LogP contribution in [0.2, 0.25) is 0 Å². The number of thiocarbonyl (C=S) groups is 1. The Bertz CT molecular complexity index is 647. The maximum atomic E-state index is 5.34. The molecular formula is C15H20N4O2S. The van der Waals surface area contributed by atoms with Crippen LogP contribution in [0.1, 0.15) is 12.6 Å². The fraction of sp³-hybridized carbons (Fsp3) is 0.333. The van der Waals surface area contributed by atoms with Gasteiger partial charge in [0.1, 0.15) is 11.5 Å². The molecule has 22 heavy (non-hydrogen) atoms. The van der Waals surface area contributed by atoms with Gasteiger partial charge in [-0.25, -0.2) is 0 Å². The molecule has 1 aromatic carbocycles. The number of aromatic nitrogens is 2. The molecule has 0 amide bonds. The maximum absolute atomic E-state index is 5.34. The van der Waals surface area contributed by atoms with E-state index < -0.39 is 0 Å². The lowest BCUT2D eigenvalue weighted by molar-refractivity contribution is 0.395. The highest BCUT2D eigenvalue weighted by molar-refractivity contribution is 7.80. The van der Waals surface area contributed by atoms with Crippen molar-refractivity contribution in [2.24, 2.45) is 0 Å². The lowest BCUT2D eigenvalue weighted by Crippen LogP contribution is -2.19. The molecule has 0 spiro atoms. The standard InChI is InChI=1S/C15H20N4O2S/c1-5-19-9-14(10(2)18-19)17-15(22)16-11-6-12(20-3)8-13(7-11)21-4/h6-9H,5H2,1-4H3,(H2,16,17,22). The molecule has 2 N–H and O–H groups in total. The van der Waals surface area contributed by atoms with Crippen LogP contribution in [0.5, 0.6) is 11.5 Å². The van der Waals surface area contributed by atoms with E-state index in [4.69, 9.17) is 21.7 Å². The van der Waals surface area contributed by atoms with Crippen molar-refractivity contribution < 1.29 is 9.47 Å². The van der Waals surface area contributed by atoms with Gasteiger partial charge in [-0.15, -0.1) is 0 Å². The Kier molecular flexibility index (Phi) is 5.21. The van der Waals surface area contributed by atoms with Gasteiger partial charge < -0.3 is 20.1 Å². The predicted molar refractivity (Wildman–Crippen MR) is 92.0 cm³/mol. The first-order valence-corrected chi connectivity index (χ1v) is 7.31. The third-order valence-electron chi connectivity index (χ3n) is 3.13. The van der Waals surface area contributed by atoms with Crippen molar-refractivity contribution in [1.82, 2.24) is 9.78 Å². The van der Waals surface area contributed by atoms with E-state index >= 15 is 0 Å². The molecule has 7 heteroatoms. The van der Waals surface area contributed by atoms with Crippen LogP contribution >= 0.6 is 12.2 Å². The summed E-state index contributed by atoms with van der Waals surface area (Å²) in [5.74, 6) is 1.39. The van der Waals surface area contributed by atoms with E-state index in [1.54, 1.807) is 20.3 Å². The third kappa shape index (κ3) is 3.88. The number of nitrogens with zero attached hydrogens (tertiary/aromatic N) is 2. The number of rotatable bonds is 5. The van der Waals surface area contributed by atoms with Gasteiger partial charge in [-0.2, -0.15) is 5.10 Å². The molecule has 0 fully saturated rings. The number of benzene rings is 1. The van der Waals surface area contributed by atoms with Crippen LogP contribution < -0.4 is 20.1 Å². The Morgan fingerprint density at radius 3 is 2.32 bits per heavy atom. The Hall–Kier alpha value is -2.28. The molecule has 0 aliphatic rings. The van der Waals surface area contributed by atoms with Crippen molar-refractivity contribution in [2.75, 3.05) is 24.9 Å². The van der Waals surface area contributed by atoms with E-state index in [0.29, 0.717) is 16.6 Å². The predicted octanol–water partition coefficient (Wildman–Crippen LogP) is 3.04. The van der Waals surface area contributed by atoms with Gasteiger partial charge in [-0.05, 0) is 26.1 Å². The summed E-state index contributed by atoms with van der Waals surface area (Å²) in [6.45, 7) is 4.79. The molecule has 0 saturated heterocycles. The van der Waals surface area contributed by atoms with Gasteiger partial charge in [-0.1, -0.05) is 0 Å². The Morgan fingerprint density at radius 2 is 1.82 bits per heavy atom. The highest BCUT2D eigenvalue weighted by atomic mass is 32.1. The number of nitrogens with one attached hydrogen (secondary N) is 2. The third-order valence-corrected chi connectivity index (χ3v) is 3.33. The van der Waals surface area contributed by atoms with E-state index in [9.17, 15) is 0 Å². The molecule has 2 aromatic rings. The van der Waals surface area contributed by atoms with Crippen molar-refractivity contribution in [1.29, 1.82) is 0 Å². The smallest absolute Gasteiger partial charge is 0.175 e. The number of anilines is 2. The molecule has 0 saturated carbocycles. The molecule has 0 bridgehead atoms. The first-order chi connectivity index (χ1) is 10.5. The average Bonchev–Trinajstić information content (AvgIpc) is 2.86. The molecule has 0 atom stereocenters. The molecule has 0 aliphatic heterocycles. The van der Waals surface area contributed by atoms with Crippen LogP contribution in [0.15, 0.2) is 24.4 Å². The molecule has 2 rings (SSSR count). The van der Waals surface area contributed by atoms with E-state index in [-0.39, 0.29) is 0 Å². The zero-order chi connectivity index (χ0) is 16.1. The van der Waals surface area contributed by atoms with Crippen molar-refractivity contribution in [3.05, 3.63) is 30.1 Å². The SMILES string of the molecule is CCn1cc(NC(=S)Nc2cc(OC)cc(OC)c2)c(C)n1. The van der Waals surface area contributed by atoms with Crippen molar-refractivity contribution >= 4 is 28.7 Å². The highest BCUT2D eigenvalue weighted by Gasteiger charge is 2.07. The second-order valence-corrected chi connectivity index (χ2v) is 5.07. The molecule has 0 unspecified atom stereocenters. The zero-order valence-corrected chi connectivity index (χ0v) is 14.0. The lowest BCUT2D eigenvalue weighted by Gasteiger charge is -2.12. The minimum Gasteiger partial charge on any atom is -0.497 e. The van der Waals surface area contributed by atoms with Crippen molar-refractivity contribution in [3.8, 4) is 11.5 Å². The molecule has 0 aliphatic carbocycles. The number of ether oxygens (including phenoxy) is 2. The van der Waals surface area contributed by atoms with Gasteiger partial charge in [0.25, 0.3) is 0 Å². The van der Waals surface area contributed by atoms with Crippen molar-refractivity contribution in [2.45, 2.75) is 20.4 Å². The summed E-state index contributed by atoms with van der Waals surface area (Å²) in [6, 6.07) is 5.49. The fourth-order valence-corrected chi connectivity index (χ4v) is 2.19. The fourth-order valence-electron chi connectivity index (χ4n) is 1.97. The number of methoxy groups -OCH3 is 2. The highest BCUT2D eigenvalue weighted by Crippen LogP contribution is 2.26. The summed E-state index contributed by atoms with van der Waals surface area (Å²) in [4.78, 5) is 0. The van der Waals surface area contributed by atoms with E-state index in [0.717, 1.165) is 23.6 Å². The molecule has 1 aromatic heterocycles. The average molecular weight is 320 g/mol. The van der Waals surface area contributed by atoms with Gasteiger partial charge in [0.2, 0.25) is 0 Å². The summed E-state index contributed by atoms with van der Waals surface area (Å²) in [5.41, 5.74) is 2.57. The van der Waals surface area contributed by atoms with Gasteiger partial charge in [-0.3, -0.25) is 4.68 Å². The normalized spacial score (nSPS) is 10.2. The van der Waals surface area contributed by atoms with Crippen LogP contribution in [0.25, 0.3) is 0 Å². The summed E-state index contributed by atoms with van der Waals surface area (Å²) in [6.07, 6.45) is 1.93. The van der Waals surface area contributed by atoms with E-state index in [1.165, 1.54) is 0 Å². The Balaban J connectivity index is 2.09. The minimum atomic E-state index is 0.481. The summed E-state index contributed by atoms with van der Waals surface area (Å²) < 4.78 is 12.3. The monoisotopic (exact) mass is 320 g/mol. The van der Waals surface area contributed by atoms with Crippen LogP contribution in [0, 0.1) is 6.92 Å². The number of hydrogen-bond acceptors (Lipinski definition) is 4. The van der Waals surface area contributed by atoms with Crippen LogP contribution in [0.3, 0.4) is 0 Å². The summed E-state index contributed by atoms with van der Waals surface area (Å²) >= 11 is 5.34. The molecule has 118 valence electrons. The summed E-state index contributed by atoms with van der Waals surface area (Å²) in [5, 5.41) is 11.1. The Labute approximate surface area is 135 Å². The lowest BCUT2D eigenvalue weighted by atomic mass is 10.3. The van der Waals surface area contributed by atoms with Gasteiger partial charge >= 0.3 is 0 Å². The zero-order valence-electron chi connectivity index (χ0n) is 13.1. The van der Waals surface area contributed by atoms with Gasteiger partial charge in [0.05, 0.1) is 25.6 Å². The Morgan fingerprint density at radius 1 is 1.18 bits per heavy atom. The molecule has 6 nitrogen and oxygen atoms in total. The van der Waals surface area contributed by atoms with Crippen LogP contribution in [0.4, 0.5) is 11.4 Å². The summed E-state index contributed by atoms with van der Waals surface area (Å²) in [7, 11) is 3.22. The van der Waals surface area contributed by atoms with Gasteiger partial charge in [0.15, 0.2) is 5.11 Å². The second kappa shape index (κ2) is 7.13. The number of aryl methyl sites for hydroxylation is 2. The second-order valence-electron chi connectivity index (χ2n) is 4.66. The van der Waals surface area contributed by atoms with Crippen molar-refractivity contribution in [3.63, 3.8) is 0 Å². The largest absolute Gasteiger partial charge is 0.497 e. The van der Waals surface area contributed by atoms with Crippen LogP contribution in [-0.4, -0.2) is 29.1 Å². The first kappa shape index (κ1) is 16.1. The van der Waals surface area contributed by atoms with Crippen LogP contribution in [-0.2, 0) is 6.54 Å².